The molecule has 7 aromatic rings. The smallest absolute Gasteiger partial charge is 0.491 e. The van der Waals surface area contributed by atoms with Crippen molar-refractivity contribution in [3.05, 3.63) is 174 Å². The number of nitrogens with zero attached hydrogens (tertiary/aromatic N) is 8. The van der Waals surface area contributed by atoms with Crippen LogP contribution < -0.4 is 29.3 Å². The number of phosphoric acid groups is 1. The predicted octanol–water partition coefficient (Wildman–Crippen LogP) is 8.28. The molecule has 3 atom stereocenters. The van der Waals surface area contributed by atoms with Gasteiger partial charge in [-0.3, -0.25) is 4.52 Å². The Bertz CT molecular complexity index is 2810. The topological polar surface area (TPSA) is 149 Å². The Kier molecular flexibility index (Phi) is 13.5. The summed E-state index contributed by atoms with van der Waals surface area (Å²) in [5.74, 6) is -1.77. The lowest BCUT2D eigenvalue weighted by Gasteiger charge is -2.37. The molecule has 9 rings (SSSR count). The molecule has 5 aromatic carbocycles. The van der Waals surface area contributed by atoms with Crippen molar-refractivity contribution in [1.82, 2.24) is 29.1 Å². The summed E-state index contributed by atoms with van der Waals surface area (Å²) >= 11 is 0. The number of hydrogen-bond donors (Lipinski definition) is 0. The average molecular weight is 949 g/mol. The van der Waals surface area contributed by atoms with Crippen LogP contribution in [0.5, 0.6) is 17.2 Å². The first-order chi connectivity index (χ1) is 32.8. The molecule has 16 nitrogen and oxygen atoms in total. The molecule has 0 aliphatic carbocycles. The minimum absolute atomic E-state index is 0.0103. The van der Waals surface area contributed by atoms with Crippen LogP contribution >= 0.6 is 7.82 Å². The lowest BCUT2D eigenvalue weighted by Crippen LogP contribution is -2.46. The van der Waals surface area contributed by atoms with Crippen molar-refractivity contribution in [1.29, 1.82) is 0 Å². The lowest BCUT2D eigenvalue weighted by molar-refractivity contribution is -0.192. The van der Waals surface area contributed by atoms with Gasteiger partial charge in [-0.15, -0.1) is 0 Å². The molecule has 2 aliphatic heterocycles. The normalized spacial score (nSPS) is 18.1. The van der Waals surface area contributed by atoms with E-state index in [4.69, 9.17) is 27.8 Å². The molecule has 19 heteroatoms. The number of rotatable bonds is 17. The molecule has 2 aliphatic rings. The maximum absolute atomic E-state index is 15.0. The third kappa shape index (κ3) is 10.8. The van der Waals surface area contributed by atoms with Gasteiger partial charge in [0.05, 0.1) is 24.9 Å². The minimum Gasteiger partial charge on any atom is -0.491 e. The van der Waals surface area contributed by atoms with Gasteiger partial charge >= 0.3 is 13.5 Å². The van der Waals surface area contributed by atoms with Crippen molar-refractivity contribution in [3.8, 4) is 22.9 Å². The van der Waals surface area contributed by atoms with Crippen molar-refractivity contribution >= 4 is 19.2 Å². The minimum atomic E-state index is -4.28. The Hall–Kier alpha value is -6.85. The molecule has 354 valence electrons. The largest absolute Gasteiger partial charge is 0.587 e. The second-order valence-corrected chi connectivity index (χ2v) is 19.0. The van der Waals surface area contributed by atoms with Crippen LogP contribution in [0, 0.1) is 17.0 Å². The maximum atomic E-state index is 15.0. The average Bonchev–Trinajstić information content (AvgIpc) is 4.10. The summed E-state index contributed by atoms with van der Waals surface area (Å²) < 4.78 is 83.7. The molecular formula is C49H51F2N8O8P. The summed E-state index contributed by atoms with van der Waals surface area (Å²) in [4.78, 5) is 22.4. The molecule has 0 spiro atoms. The van der Waals surface area contributed by atoms with Crippen molar-refractivity contribution in [3.63, 3.8) is 0 Å². The Morgan fingerprint density at radius 3 is 1.94 bits per heavy atom. The molecular weight excluding hydrogens is 898 g/mol. The molecule has 2 saturated heterocycles. The van der Waals surface area contributed by atoms with Crippen LogP contribution in [0.3, 0.4) is 0 Å². The van der Waals surface area contributed by atoms with Gasteiger partial charge in [-0.05, 0) is 90.3 Å². The van der Waals surface area contributed by atoms with Crippen LogP contribution in [0.1, 0.15) is 26.3 Å². The molecule has 4 heterocycles. The van der Waals surface area contributed by atoms with Crippen LogP contribution in [-0.2, 0) is 37.4 Å². The molecule has 0 N–H and O–H groups in total. The SMILES string of the molecule is CC(C)(C)C(Cn1ncn(-c2ccc(N3CCN(c4ccc(OC[C@@H]5CO[C@@](Cn6cncn6)(c6ccc(F)cc6F)O5)cc4)CC3)cc2)c1=O)OP(=O)(Oc1ccccc1)Oc1ccccc1. The van der Waals surface area contributed by atoms with E-state index >= 15 is 0 Å². The molecule has 0 amide bonds. The summed E-state index contributed by atoms with van der Waals surface area (Å²) in [5, 5.41) is 8.53. The maximum Gasteiger partial charge on any atom is 0.587 e. The summed E-state index contributed by atoms with van der Waals surface area (Å²) in [5.41, 5.74) is 1.78. The zero-order valence-corrected chi connectivity index (χ0v) is 38.6. The first-order valence-electron chi connectivity index (χ1n) is 22.2. The Morgan fingerprint density at radius 1 is 0.765 bits per heavy atom. The van der Waals surface area contributed by atoms with Crippen molar-refractivity contribution in [2.75, 3.05) is 49.2 Å². The molecule has 0 saturated carbocycles. The molecule has 0 radical (unpaired) electrons. The number of ether oxygens (including phenoxy) is 3. The van der Waals surface area contributed by atoms with Gasteiger partial charge in [0.1, 0.15) is 67.1 Å². The van der Waals surface area contributed by atoms with E-state index in [1.807, 2.05) is 81.4 Å². The Morgan fingerprint density at radius 2 is 1.37 bits per heavy atom. The number of benzene rings is 5. The van der Waals surface area contributed by atoms with Crippen LogP contribution in [0.4, 0.5) is 20.2 Å². The summed E-state index contributed by atoms with van der Waals surface area (Å²) in [6.45, 7) is 9.14. The second kappa shape index (κ2) is 19.8. The number of halogens is 2. The van der Waals surface area contributed by atoms with E-state index in [9.17, 15) is 18.1 Å². The van der Waals surface area contributed by atoms with E-state index in [0.717, 1.165) is 49.7 Å². The predicted molar refractivity (Wildman–Crippen MR) is 249 cm³/mol. The van der Waals surface area contributed by atoms with Gasteiger partial charge in [-0.1, -0.05) is 57.2 Å². The van der Waals surface area contributed by atoms with E-state index in [1.165, 1.54) is 39.0 Å². The van der Waals surface area contributed by atoms with Crippen LogP contribution in [0.2, 0.25) is 0 Å². The first kappa shape index (κ1) is 46.3. The summed E-state index contributed by atoms with van der Waals surface area (Å²) in [6.07, 6.45) is 2.95. The molecule has 1 unspecified atom stereocenters. The van der Waals surface area contributed by atoms with Gasteiger partial charge < -0.3 is 33.1 Å². The molecule has 0 bridgehead atoms. The zero-order valence-electron chi connectivity index (χ0n) is 37.7. The Labute approximate surface area is 391 Å². The third-order valence-corrected chi connectivity index (χ3v) is 13.0. The number of anilines is 2. The highest BCUT2D eigenvalue weighted by atomic mass is 31.2. The van der Waals surface area contributed by atoms with Gasteiger partial charge in [-0.25, -0.2) is 37.1 Å². The fourth-order valence-corrected chi connectivity index (χ4v) is 9.55. The fourth-order valence-electron chi connectivity index (χ4n) is 7.97. The highest BCUT2D eigenvalue weighted by molar-refractivity contribution is 7.49. The Balaban J connectivity index is 0.787. The fraction of sp³-hybridized carbons (Fsp3) is 0.306. The van der Waals surface area contributed by atoms with Gasteiger partial charge in [0.15, 0.2) is 0 Å². The standard InChI is InChI=1S/C49H51F2N8O8P/c1-48(2,3)46(67-68(61,65-41-10-6-4-7-11-41)66-42-12-8-5-9-13-42)29-59-47(60)58(35-54-59)39-17-15-37(16-18-39)55-24-26-56(27-25-55)38-19-21-40(22-20-38)62-30-43-31-63-49(64-43,32-57-34-52-33-53-57)44-23-14-36(50)28-45(44)51/h4-23,28,33-35,43,46H,24-27,29-32H2,1-3H3/t43-,46?,49-/m1/s1. The van der Waals surface area contributed by atoms with E-state index in [1.54, 1.807) is 48.5 Å². The van der Waals surface area contributed by atoms with Crippen LogP contribution in [-0.4, -0.2) is 80.7 Å². The van der Waals surface area contributed by atoms with Gasteiger partial charge in [0.25, 0.3) is 0 Å². The number of aromatic nitrogens is 6. The highest BCUT2D eigenvalue weighted by Gasteiger charge is 2.46. The lowest BCUT2D eigenvalue weighted by atomic mass is 9.89. The number of para-hydroxylation sites is 2. The number of piperazine rings is 1. The van der Waals surface area contributed by atoms with Gasteiger partial charge in [-0.2, -0.15) is 10.2 Å². The number of hydrogen-bond acceptors (Lipinski definition) is 13. The van der Waals surface area contributed by atoms with Crippen molar-refractivity contribution < 1.29 is 41.1 Å². The van der Waals surface area contributed by atoms with Crippen molar-refractivity contribution in [2.45, 2.75) is 51.9 Å². The summed E-state index contributed by atoms with van der Waals surface area (Å²) in [7, 11) is -4.28. The zero-order chi connectivity index (χ0) is 47.3. The van der Waals surface area contributed by atoms with Gasteiger partial charge in [0, 0.05) is 49.2 Å². The van der Waals surface area contributed by atoms with E-state index < -0.39 is 42.9 Å². The quantitative estimate of drug-likeness (QED) is 0.0807. The summed E-state index contributed by atoms with van der Waals surface area (Å²) in [6, 6.07) is 36.2. The second-order valence-electron chi connectivity index (χ2n) is 17.5. The van der Waals surface area contributed by atoms with Crippen LogP contribution in [0.25, 0.3) is 5.69 Å². The van der Waals surface area contributed by atoms with Gasteiger partial charge in [0.2, 0.25) is 5.79 Å². The number of phosphoric ester groups is 1. The van der Waals surface area contributed by atoms with Crippen molar-refractivity contribution in [2.24, 2.45) is 5.41 Å². The van der Waals surface area contributed by atoms with Crippen LogP contribution in [0.15, 0.2) is 151 Å². The van der Waals surface area contributed by atoms with E-state index in [2.05, 4.69) is 25.0 Å². The van der Waals surface area contributed by atoms with E-state index in [0.29, 0.717) is 22.9 Å². The van der Waals surface area contributed by atoms with E-state index in [-0.39, 0.29) is 37.6 Å². The third-order valence-electron chi connectivity index (χ3n) is 11.7. The highest BCUT2D eigenvalue weighted by Crippen LogP contribution is 2.52. The molecule has 2 fully saturated rings. The molecule has 68 heavy (non-hydrogen) atoms. The monoisotopic (exact) mass is 948 g/mol. The first-order valence-corrected chi connectivity index (χ1v) is 23.6. The molecule has 2 aromatic heterocycles.